The first-order chi connectivity index (χ1) is 18.9. The van der Waals surface area contributed by atoms with Crippen LogP contribution in [-0.2, 0) is 11.8 Å². The van der Waals surface area contributed by atoms with Crippen molar-refractivity contribution >= 4 is 34.4 Å². The average molecular weight is 549 g/mol. The molecule has 1 saturated heterocycles. The van der Waals surface area contributed by atoms with E-state index in [0.717, 1.165) is 5.56 Å². The standard InChI is InChI=1S/C28H29ClN6O4/c1-34-24(16-25(33-34)39-13-12-38-2)27(36)32-22-8-11-35(17-20(22)18-6-4-3-5-7-18)28(37)19-14-21(29)26-23(15-19)30-9-10-31-26/h3-7,9-10,14-16,20,22H,8,11-13,17H2,1-2H3,(H,32,36)/t20-,22-/m1/s1. The number of fused-ring (bicyclic) bond motifs is 1. The molecule has 0 radical (unpaired) electrons. The van der Waals surface area contributed by atoms with Crippen molar-refractivity contribution < 1.29 is 19.1 Å². The average Bonchev–Trinajstić information content (AvgIpc) is 3.33. The number of amides is 2. The molecule has 2 aromatic carbocycles. The van der Waals surface area contributed by atoms with Crippen LogP contribution in [0.15, 0.2) is 60.9 Å². The second-order valence-electron chi connectivity index (χ2n) is 9.35. The Morgan fingerprint density at radius 3 is 2.69 bits per heavy atom. The van der Waals surface area contributed by atoms with E-state index in [9.17, 15) is 9.59 Å². The van der Waals surface area contributed by atoms with Gasteiger partial charge in [0.15, 0.2) is 0 Å². The Hall–Kier alpha value is -4.02. The Bertz CT molecular complexity index is 1480. The van der Waals surface area contributed by atoms with Gasteiger partial charge in [-0.3, -0.25) is 24.2 Å². The van der Waals surface area contributed by atoms with E-state index in [1.54, 1.807) is 49.7 Å². The number of aryl methyl sites for hydroxylation is 1. The monoisotopic (exact) mass is 548 g/mol. The molecule has 1 aliphatic heterocycles. The number of nitrogens with zero attached hydrogens (tertiary/aromatic N) is 5. The number of hydrogen-bond acceptors (Lipinski definition) is 7. The van der Waals surface area contributed by atoms with Gasteiger partial charge in [-0.1, -0.05) is 41.9 Å². The van der Waals surface area contributed by atoms with E-state index in [0.29, 0.717) is 65.9 Å². The van der Waals surface area contributed by atoms with Crippen molar-refractivity contribution in [2.24, 2.45) is 7.05 Å². The molecule has 2 atom stereocenters. The number of benzene rings is 2. The lowest BCUT2D eigenvalue weighted by Gasteiger charge is -2.39. The molecule has 0 aliphatic carbocycles. The van der Waals surface area contributed by atoms with Gasteiger partial charge >= 0.3 is 0 Å². The van der Waals surface area contributed by atoms with Crippen molar-refractivity contribution in [2.75, 3.05) is 33.4 Å². The summed E-state index contributed by atoms with van der Waals surface area (Å²) in [7, 11) is 3.29. The molecule has 0 saturated carbocycles. The first-order valence-electron chi connectivity index (χ1n) is 12.7. The highest BCUT2D eigenvalue weighted by Crippen LogP contribution is 2.30. The number of nitrogens with one attached hydrogen (secondary N) is 1. The molecular formula is C28H29ClN6O4. The van der Waals surface area contributed by atoms with E-state index in [-0.39, 0.29) is 23.8 Å². The largest absolute Gasteiger partial charge is 0.474 e. The Morgan fingerprint density at radius 1 is 1.10 bits per heavy atom. The lowest BCUT2D eigenvalue weighted by atomic mass is 9.85. The van der Waals surface area contributed by atoms with Gasteiger partial charge in [0.05, 0.1) is 17.1 Å². The fourth-order valence-electron chi connectivity index (χ4n) is 4.88. The number of likely N-dealkylation sites (tertiary alicyclic amines) is 1. The summed E-state index contributed by atoms with van der Waals surface area (Å²) in [6.07, 6.45) is 3.72. The zero-order chi connectivity index (χ0) is 27.4. The number of piperidine rings is 1. The Kier molecular flexibility index (Phi) is 8.04. The smallest absolute Gasteiger partial charge is 0.269 e. The van der Waals surface area contributed by atoms with Crippen LogP contribution in [0.25, 0.3) is 11.0 Å². The Labute approximate surface area is 230 Å². The fourth-order valence-corrected chi connectivity index (χ4v) is 5.14. The van der Waals surface area contributed by atoms with Gasteiger partial charge in [0, 0.05) is 63.2 Å². The number of hydrogen-bond donors (Lipinski definition) is 1. The fraction of sp³-hybridized carbons (Fsp3) is 0.321. The molecule has 1 fully saturated rings. The number of halogens is 1. The molecule has 0 spiro atoms. The highest BCUT2D eigenvalue weighted by Gasteiger charge is 2.34. The third-order valence-electron chi connectivity index (χ3n) is 6.85. The van der Waals surface area contributed by atoms with Gasteiger partial charge in [-0.15, -0.1) is 5.10 Å². The van der Waals surface area contributed by atoms with Crippen LogP contribution in [-0.4, -0.2) is 75.9 Å². The number of carbonyl (C=O) groups is 2. The van der Waals surface area contributed by atoms with Crippen molar-refractivity contribution in [1.29, 1.82) is 0 Å². The first-order valence-corrected chi connectivity index (χ1v) is 13.0. The molecule has 1 aliphatic rings. The molecule has 39 heavy (non-hydrogen) atoms. The van der Waals surface area contributed by atoms with Gasteiger partial charge in [0.25, 0.3) is 11.8 Å². The molecule has 2 amide bonds. The quantitative estimate of drug-likeness (QED) is 0.336. The van der Waals surface area contributed by atoms with E-state index in [4.69, 9.17) is 21.1 Å². The van der Waals surface area contributed by atoms with Crippen LogP contribution in [0.5, 0.6) is 5.88 Å². The molecule has 4 aromatic rings. The topological polar surface area (TPSA) is 111 Å². The zero-order valence-corrected chi connectivity index (χ0v) is 22.5. The van der Waals surface area contributed by atoms with Gasteiger partial charge in [-0.2, -0.15) is 0 Å². The molecule has 202 valence electrons. The maximum atomic E-state index is 13.6. The maximum Gasteiger partial charge on any atom is 0.269 e. The second-order valence-corrected chi connectivity index (χ2v) is 9.76. The predicted molar refractivity (Wildman–Crippen MR) is 146 cm³/mol. The van der Waals surface area contributed by atoms with Crippen molar-refractivity contribution in [3.05, 3.63) is 82.8 Å². The number of methoxy groups -OCH3 is 1. The highest BCUT2D eigenvalue weighted by molar-refractivity contribution is 6.35. The van der Waals surface area contributed by atoms with Crippen LogP contribution >= 0.6 is 11.6 Å². The van der Waals surface area contributed by atoms with E-state index >= 15 is 0 Å². The SMILES string of the molecule is COCCOc1cc(C(=O)N[C@@H]2CCN(C(=O)c3cc(Cl)c4nccnc4c3)C[C@@H]2c2ccccc2)n(C)n1. The lowest BCUT2D eigenvalue weighted by Crippen LogP contribution is -2.51. The van der Waals surface area contributed by atoms with E-state index in [1.807, 2.05) is 30.3 Å². The Morgan fingerprint density at radius 2 is 1.90 bits per heavy atom. The molecule has 1 N–H and O–H groups in total. The number of aromatic nitrogens is 4. The summed E-state index contributed by atoms with van der Waals surface area (Å²) in [5.74, 6) is -0.149. The van der Waals surface area contributed by atoms with Crippen LogP contribution in [0, 0.1) is 0 Å². The van der Waals surface area contributed by atoms with E-state index < -0.39 is 0 Å². The number of rotatable bonds is 8. The lowest BCUT2D eigenvalue weighted by molar-refractivity contribution is 0.0671. The molecule has 3 heterocycles. The van der Waals surface area contributed by atoms with Crippen molar-refractivity contribution in [1.82, 2.24) is 30.0 Å². The number of carbonyl (C=O) groups excluding carboxylic acids is 2. The third-order valence-corrected chi connectivity index (χ3v) is 7.13. The number of ether oxygens (including phenoxy) is 2. The van der Waals surface area contributed by atoms with Gasteiger partial charge < -0.3 is 19.7 Å². The van der Waals surface area contributed by atoms with Gasteiger partial charge in [-0.05, 0) is 24.1 Å². The van der Waals surface area contributed by atoms with Crippen molar-refractivity contribution in [3.8, 4) is 5.88 Å². The first kappa shape index (κ1) is 26.6. The molecule has 0 unspecified atom stereocenters. The van der Waals surface area contributed by atoms with Gasteiger partial charge in [0.1, 0.15) is 17.8 Å². The summed E-state index contributed by atoms with van der Waals surface area (Å²) in [5, 5.41) is 7.84. The second kappa shape index (κ2) is 11.8. The maximum absolute atomic E-state index is 13.6. The summed E-state index contributed by atoms with van der Waals surface area (Å²) < 4.78 is 12.1. The van der Waals surface area contributed by atoms with Crippen LogP contribution in [0.4, 0.5) is 0 Å². The Balaban J connectivity index is 1.35. The third kappa shape index (κ3) is 5.86. The molecule has 2 aromatic heterocycles. The van der Waals surface area contributed by atoms with Crippen molar-refractivity contribution in [3.63, 3.8) is 0 Å². The molecule has 5 rings (SSSR count). The summed E-state index contributed by atoms with van der Waals surface area (Å²) in [6, 6.07) is 14.7. The summed E-state index contributed by atoms with van der Waals surface area (Å²) in [5.41, 5.74) is 3.01. The summed E-state index contributed by atoms with van der Waals surface area (Å²) in [6.45, 7) is 1.67. The van der Waals surface area contributed by atoms with Crippen LogP contribution < -0.4 is 10.1 Å². The molecule has 10 nitrogen and oxygen atoms in total. The van der Waals surface area contributed by atoms with Gasteiger partial charge in [0.2, 0.25) is 5.88 Å². The normalized spacial score (nSPS) is 17.3. The van der Waals surface area contributed by atoms with Gasteiger partial charge in [-0.25, -0.2) is 0 Å². The highest BCUT2D eigenvalue weighted by atomic mass is 35.5. The summed E-state index contributed by atoms with van der Waals surface area (Å²) >= 11 is 6.42. The van der Waals surface area contributed by atoms with E-state index in [1.165, 1.54) is 4.68 Å². The van der Waals surface area contributed by atoms with E-state index in [2.05, 4.69) is 20.4 Å². The summed E-state index contributed by atoms with van der Waals surface area (Å²) in [4.78, 5) is 37.2. The predicted octanol–water partition coefficient (Wildman–Crippen LogP) is 3.47. The minimum Gasteiger partial charge on any atom is -0.474 e. The van der Waals surface area contributed by atoms with Crippen LogP contribution in [0.3, 0.4) is 0 Å². The van der Waals surface area contributed by atoms with Crippen LogP contribution in [0.1, 0.15) is 38.7 Å². The minimum absolute atomic E-state index is 0.116. The zero-order valence-electron chi connectivity index (χ0n) is 21.7. The van der Waals surface area contributed by atoms with Crippen LogP contribution in [0.2, 0.25) is 5.02 Å². The van der Waals surface area contributed by atoms with Crippen molar-refractivity contribution in [2.45, 2.75) is 18.4 Å². The molecule has 11 heteroatoms. The molecule has 0 bridgehead atoms. The minimum atomic E-state index is -0.253. The molecular weight excluding hydrogens is 520 g/mol.